The van der Waals surface area contributed by atoms with Gasteiger partial charge in [0.15, 0.2) is 11.5 Å². The fourth-order valence-corrected chi connectivity index (χ4v) is 8.25. The van der Waals surface area contributed by atoms with Crippen molar-refractivity contribution in [2.24, 2.45) is 20.5 Å². The average molecular weight is 875 g/mol. The number of azo groups is 2. The van der Waals surface area contributed by atoms with Gasteiger partial charge in [-0.05, 0) is 95.4 Å². The maximum Gasteiger partial charge on any atom is 0.296 e. The molecule has 0 amide bonds. The maximum absolute atomic E-state index is 12.2. The van der Waals surface area contributed by atoms with Crippen LogP contribution in [0.3, 0.4) is 0 Å². The Kier molecular flexibility index (Phi) is 10.3. The summed E-state index contributed by atoms with van der Waals surface area (Å²) in [6, 6.07) is 13.6. The molecule has 0 radical (unpaired) electrons. The second-order valence-corrected chi connectivity index (χ2v) is 18.2. The molecule has 0 aliphatic heterocycles. The zero-order chi connectivity index (χ0) is 42.9. The van der Waals surface area contributed by atoms with Gasteiger partial charge >= 0.3 is 0 Å². The Morgan fingerprint density at radius 2 is 0.776 bits per heavy atom. The molecule has 8 N–H and O–H groups in total. The van der Waals surface area contributed by atoms with Gasteiger partial charge in [0.2, 0.25) is 0 Å². The largest absolute Gasteiger partial charge is 0.507 e. The second-order valence-electron chi connectivity index (χ2n) is 12.5. The zero-order valence-electron chi connectivity index (χ0n) is 29.2. The summed E-state index contributed by atoms with van der Waals surface area (Å²) in [4.78, 5) is -3.63. The minimum Gasteiger partial charge on any atom is -0.507 e. The number of fused-ring (bicyclic) bond motifs is 2. The van der Waals surface area contributed by atoms with Crippen LogP contribution in [-0.2, 0) is 40.5 Å². The van der Waals surface area contributed by atoms with Gasteiger partial charge in [-0.25, -0.2) is 0 Å². The number of benzene rings is 6. The van der Waals surface area contributed by atoms with Crippen LogP contribution in [0.15, 0.2) is 113 Å². The molecule has 6 rings (SSSR count). The first-order valence-electron chi connectivity index (χ1n) is 15.8. The number of phenols is 4. The average Bonchev–Trinajstić information content (AvgIpc) is 3.09. The van der Waals surface area contributed by atoms with Gasteiger partial charge in [-0.15, -0.1) is 10.2 Å². The van der Waals surface area contributed by atoms with E-state index in [4.69, 9.17) is 0 Å². The lowest BCUT2D eigenvalue weighted by molar-refractivity contribution is 0.457. The Hall–Kier alpha value is -6.12. The lowest BCUT2D eigenvalue weighted by atomic mass is 10.0. The maximum atomic E-state index is 12.2. The molecule has 0 aromatic heterocycles. The first kappa shape index (κ1) is 41.5. The number of aromatic hydroxyl groups is 4. The number of rotatable bonds is 9. The predicted molar refractivity (Wildman–Crippen MR) is 204 cm³/mol. The van der Waals surface area contributed by atoms with Crippen LogP contribution < -0.4 is 0 Å². The number of phenolic OH excluding ortho intramolecular Hbond substituents is 4. The summed E-state index contributed by atoms with van der Waals surface area (Å²) in [7, 11) is -20.0. The van der Waals surface area contributed by atoms with Crippen LogP contribution in [0.4, 0.5) is 22.7 Å². The summed E-state index contributed by atoms with van der Waals surface area (Å²) in [6.45, 7) is 3.23. The molecule has 302 valence electrons. The summed E-state index contributed by atoms with van der Waals surface area (Å²) in [5, 5.41) is 56.6. The van der Waals surface area contributed by atoms with Crippen LogP contribution >= 0.6 is 0 Å². The molecule has 24 heteroatoms. The van der Waals surface area contributed by atoms with Crippen molar-refractivity contribution in [3.63, 3.8) is 0 Å². The van der Waals surface area contributed by atoms with E-state index in [2.05, 4.69) is 20.5 Å². The minimum atomic E-state index is -5.13. The predicted octanol–water partition coefficient (Wildman–Crippen LogP) is 6.92. The van der Waals surface area contributed by atoms with Crippen LogP contribution in [0.1, 0.15) is 11.1 Å². The number of hydrogen-bond acceptors (Lipinski definition) is 16. The highest BCUT2D eigenvalue weighted by atomic mass is 32.2. The third-order valence-corrected chi connectivity index (χ3v) is 12.0. The van der Waals surface area contributed by atoms with Gasteiger partial charge in [0.05, 0.1) is 31.9 Å². The van der Waals surface area contributed by atoms with E-state index in [1.807, 2.05) is 0 Å². The first-order valence-corrected chi connectivity index (χ1v) is 21.5. The molecule has 0 saturated carbocycles. The third-order valence-electron chi connectivity index (χ3n) is 8.60. The minimum absolute atomic E-state index is 0.155. The SMILES string of the molecule is Cc1cc(-c2ccc(N=Nc3c(S(=O)(=O)O)cc4cc(S(=O)(=O)O)cc(O)c4c3O)c(C)c2)ccc1N=Nc1c(S(=O)(=O)O)cc2cc(S(=O)(=O)O)cc(O)c2c1O. The molecule has 0 saturated heterocycles. The van der Waals surface area contributed by atoms with Gasteiger partial charge in [-0.2, -0.15) is 43.9 Å². The van der Waals surface area contributed by atoms with Crippen LogP contribution in [0.25, 0.3) is 32.7 Å². The fourth-order valence-electron chi connectivity index (χ4n) is 5.86. The molecule has 6 aromatic rings. The van der Waals surface area contributed by atoms with Crippen molar-refractivity contribution >= 4 is 84.8 Å². The standard InChI is InChI=1S/C34H26N4O16S4/c1-15-7-17(3-5-23(15)35-37-31-27(57(49,50)51)11-19-9-21(55(43,44)45)13-25(39)29(19)33(31)41)18-4-6-24(16(2)8-18)36-38-32-28(58(52,53)54)12-20-10-22(56(46,47)48)14-26(40)30(20)34(32)42/h3-14,39-42H,1-2H3,(H,43,44,45)(H,46,47,48)(H,49,50,51)(H,52,53,54). The first-order chi connectivity index (χ1) is 26.8. The van der Waals surface area contributed by atoms with E-state index < -0.39 is 105 Å². The fraction of sp³-hybridized carbons (Fsp3) is 0.0588. The molecular formula is C34H26N4O16S4. The van der Waals surface area contributed by atoms with E-state index in [0.29, 0.717) is 34.4 Å². The molecule has 20 nitrogen and oxygen atoms in total. The number of aryl methyl sites for hydroxylation is 2. The molecule has 0 spiro atoms. The van der Waals surface area contributed by atoms with Crippen molar-refractivity contribution in [2.75, 3.05) is 0 Å². The highest BCUT2D eigenvalue weighted by Crippen LogP contribution is 2.47. The van der Waals surface area contributed by atoms with E-state index in [9.17, 15) is 72.3 Å². The molecule has 0 heterocycles. The van der Waals surface area contributed by atoms with Crippen molar-refractivity contribution < 1.29 is 72.3 Å². The highest BCUT2D eigenvalue weighted by Gasteiger charge is 2.27. The topological polar surface area (TPSA) is 348 Å². The number of hydrogen-bond donors (Lipinski definition) is 8. The van der Waals surface area contributed by atoms with Crippen molar-refractivity contribution in [3.8, 4) is 34.1 Å². The van der Waals surface area contributed by atoms with Crippen molar-refractivity contribution in [2.45, 2.75) is 33.4 Å². The van der Waals surface area contributed by atoms with Gasteiger partial charge in [0.1, 0.15) is 32.7 Å². The van der Waals surface area contributed by atoms with E-state index in [1.165, 1.54) is 12.1 Å². The quantitative estimate of drug-likeness (QED) is 0.0540. The monoisotopic (exact) mass is 874 g/mol. The van der Waals surface area contributed by atoms with Crippen molar-refractivity contribution in [1.82, 2.24) is 0 Å². The Bertz CT molecular complexity index is 3080. The van der Waals surface area contributed by atoms with Crippen LogP contribution in [0.5, 0.6) is 23.0 Å². The van der Waals surface area contributed by atoms with Crippen LogP contribution in [-0.4, -0.2) is 72.3 Å². The number of nitrogens with zero attached hydrogens (tertiary/aromatic N) is 4. The Morgan fingerprint density at radius 1 is 0.431 bits per heavy atom. The molecule has 0 atom stereocenters. The molecule has 0 unspecified atom stereocenters. The Morgan fingerprint density at radius 3 is 1.07 bits per heavy atom. The van der Waals surface area contributed by atoms with Crippen molar-refractivity contribution in [1.29, 1.82) is 0 Å². The van der Waals surface area contributed by atoms with Gasteiger partial charge in [-0.1, -0.05) is 12.1 Å². The summed E-state index contributed by atoms with van der Waals surface area (Å²) in [5.41, 5.74) is 0.869. The van der Waals surface area contributed by atoms with Gasteiger partial charge in [0, 0.05) is 12.1 Å². The second kappa shape index (κ2) is 14.4. The molecule has 6 aromatic carbocycles. The van der Waals surface area contributed by atoms with Crippen molar-refractivity contribution in [3.05, 3.63) is 83.9 Å². The van der Waals surface area contributed by atoms with E-state index in [1.54, 1.807) is 38.1 Å². The van der Waals surface area contributed by atoms with Crippen LogP contribution in [0.2, 0.25) is 0 Å². The third kappa shape index (κ3) is 8.02. The summed E-state index contributed by atoms with van der Waals surface area (Å²) in [5.74, 6) is -3.68. The Balaban J connectivity index is 1.34. The van der Waals surface area contributed by atoms with E-state index in [-0.39, 0.29) is 22.1 Å². The molecule has 58 heavy (non-hydrogen) atoms. The molecular weight excluding hydrogens is 849 g/mol. The summed E-state index contributed by atoms with van der Waals surface area (Å²) in [6.07, 6.45) is 0. The van der Waals surface area contributed by atoms with E-state index >= 15 is 0 Å². The summed E-state index contributed by atoms with van der Waals surface area (Å²) < 4.78 is 134. The van der Waals surface area contributed by atoms with Crippen LogP contribution in [0, 0.1) is 13.8 Å². The molecule has 0 fully saturated rings. The molecule has 0 aliphatic rings. The van der Waals surface area contributed by atoms with E-state index in [0.717, 1.165) is 24.3 Å². The molecule has 0 aliphatic carbocycles. The lowest BCUT2D eigenvalue weighted by Crippen LogP contribution is -2.01. The lowest BCUT2D eigenvalue weighted by Gasteiger charge is -2.12. The normalized spacial score (nSPS) is 13.0. The Labute approximate surface area is 327 Å². The smallest absolute Gasteiger partial charge is 0.296 e. The zero-order valence-corrected chi connectivity index (χ0v) is 32.5. The highest BCUT2D eigenvalue weighted by molar-refractivity contribution is 7.86. The van der Waals surface area contributed by atoms with Gasteiger partial charge < -0.3 is 20.4 Å². The van der Waals surface area contributed by atoms with Gasteiger partial charge in [0.25, 0.3) is 40.5 Å². The van der Waals surface area contributed by atoms with Gasteiger partial charge in [-0.3, -0.25) is 18.2 Å². The summed E-state index contributed by atoms with van der Waals surface area (Å²) >= 11 is 0. The molecule has 0 bridgehead atoms.